The Morgan fingerprint density at radius 3 is 2.38 bits per heavy atom. The van der Waals surface area contributed by atoms with Crippen LogP contribution in [0.15, 0.2) is 71.3 Å². The molecule has 1 fully saturated rings. The molecular weight excluding hydrogens is 476 g/mol. The lowest BCUT2D eigenvalue weighted by Crippen LogP contribution is -2.51. The van der Waals surface area contributed by atoms with Crippen molar-refractivity contribution in [2.24, 2.45) is 10.9 Å². The normalized spacial score (nSPS) is 15.7. The van der Waals surface area contributed by atoms with Crippen molar-refractivity contribution >= 4 is 38.4 Å². The number of fused-ring (bicyclic) bond motifs is 1. The standard InChI is InChI=1S/C22H21ClN8O2S/c23-18-1-2-19-16(11-18)12-20(28-19)34(32,33)31-9-7-30(8-10-31)22(29-24)21-26-13-17(14-27-21)15-3-5-25-6-4-15/h1-6,11-14,28H,7-10,24H2/b29-22+. The summed E-state index contributed by atoms with van der Waals surface area (Å²) >= 11 is 6.03. The molecule has 0 bridgehead atoms. The first-order valence-electron chi connectivity index (χ1n) is 10.5. The monoisotopic (exact) mass is 496 g/mol. The van der Waals surface area contributed by atoms with E-state index in [4.69, 9.17) is 17.4 Å². The predicted molar refractivity (Wildman–Crippen MR) is 130 cm³/mol. The number of nitrogens with zero attached hydrogens (tertiary/aromatic N) is 6. The minimum absolute atomic E-state index is 0.140. The van der Waals surface area contributed by atoms with Crippen LogP contribution in [0.5, 0.6) is 0 Å². The van der Waals surface area contributed by atoms with Crippen molar-refractivity contribution in [1.82, 2.24) is 29.1 Å². The molecule has 4 heterocycles. The zero-order valence-electron chi connectivity index (χ0n) is 18.0. The lowest BCUT2D eigenvalue weighted by molar-refractivity contribution is 0.265. The molecule has 0 unspecified atom stereocenters. The minimum Gasteiger partial charge on any atom is -0.349 e. The highest BCUT2D eigenvalue weighted by atomic mass is 35.5. The number of rotatable bonds is 4. The molecule has 1 aliphatic rings. The molecule has 174 valence electrons. The smallest absolute Gasteiger partial charge is 0.258 e. The highest BCUT2D eigenvalue weighted by Crippen LogP contribution is 2.25. The number of aromatic nitrogens is 4. The Kier molecular flexibility index (Phi) is 5.90. The van der Waals surface area contributed by atoms with E-state index in [1.54, 1.807) is 49.1 Å². The van der Waals surface area contributed by atoms with Crippen molar-refractivity contribution in [2.75, 3.05) is 26.2 Å². The second-order valence-corrected chi connectivity index (χ2v) is 10.1. The van der Waals surface area contributed by atoms with Gasteiger partial charge in [0.25, 0.3) is 10.0 Å². The summed E-state index contributed by atoms with van der Waals surface area (Å²) in [5.74, 6) is 6.46. The number of hydrogen-bond donors (Lipinski definition) is 2. The third-order valence-electron chi connectivity index (χ3n) is 5.70. The summed E-state index contributed by atoms with van der Waals surface area (Å²) in [6.07, 6.45) is 6.81. The van der Waals surface area contributed by atoms with Crippen molar-refractivity contribution in [3.63, 3.8) is 0 Å². The number of sulfonamides is 1. The number of benzene rings is 1. The second-order valence-electron chi connectivity index (χ2n) is 7.74. The number of piperazine rings is 1. The average molecular weight is 497 g/mol. The molecule has 0 saturated carbocycles. The number of pyridine rings is 1. The van der Waals surface area contributed by atoms with E-state index in [0.29, 0.717) is 35.3 Å². The predicted octanol–water partition coefficient (Wildman–Crippen LogP) is 2.30. The average Bonchev–Trinajstić information content (AvgIpc) is 3.30. The van der Waals surface area contributed by atoms with E-state index in [9.17, 15) is 8.42 Å². The van der Waals surface area contributed by atoms with Crippen molar-refractivity contribution in [1.29, 1.82) is 0 Å². The summed E-state index contributed by atoms with van der Waals surface area (Å²) in [4.78, 5) is 17.7. The molecule has 1 aliphatic heterocycles. The van der Waals surface area contributed by atoms with E-state index in [1.807, 2.05) is 17.0 Å². The topological polar surface area (TPSA) is 133 Å². The SMILES string of the molecule is N/N=C(\c1ncc(-c2ccncc2)cn1)N1CCN(S(=O)(=O)c2cc3cc(Cl)ccc3[nH]2)CC1. The molecule has 10 nitrogen and oxygen atoms in total. The number of halogens is 1. The molecule has 3 N–H and O–H groups in total. The van der Waals surface area contributed by atoms with Crippen LogP contribution in [-0.4, -0.2) is 69.6 Å². The van der Waals surface area contributed by atoms with Gasteiger partial charge in [-0.15, -0.1) is 0 Å². The maximum atomic E-state index is 13.2. The minimum atomic E-state index is -3.69. The van der Waals surface area contributed by atoms with E-state index >= 15 is 0 Å². The van der Waals surface area contributed by atoms with Crippen LogP contribution in [0.3, 0.4) is 0 Å². The lowest BCUT2D eigenvalue weighted by Gasteiger charge is -2.34. The summed E-state index contributed by atoms with van der Waals surface area (Å²) in [6.45, 7) is 1.34. The van der Waals surface area contributed by atoms with Gasteiger partial charge in [0.2, 0.25) is 0 Å². The molecule has 0 atom stereocenters. The van der Waals surface area contributed by atoms with Crippen molar-refractivity contribution in [3.05, 3.63) is 72.0 Å². The molecule has 12 heteroatoms. The van der Waals surface area contributed by atoms with Crippen LogP contribution < -0.4 is 5.84 Å². The van der Waals surface area contributed by atoms with Crippen molar-refractivity contribution in [2.45, 2.75) is 5.03 Å². The van der Waals surface area contributed by atoms with Gasteiger partial charge in [0.1, 0.15) is 5.03 Å². The van der Waals surface area contributed by atoms with Gasteiger partial charge < -0.3 is 15.7 Å². The van der Waals surface area contributed by atoms with E-state index < -0.39 is 10.0 Å². The van der Waals surface area contributed by atoms with Gasteiger partial charge in [-0.25, -0.2) is 18.4 Å². The Morgan fingerprint density at radius 2 is 1.71 bits per heavy atom. The van der Waals surface area contributed by atoms with Gasteiger partial charge >= 0.3 is 0 Å². The van der Waals surface area contributed by atoms with Crippen LogP contribution >= 0.6 is 11.6 Å². The molecule has 0 amide bonds. The summed E-state index contributed by atoms with van der Waals surface area (Å²) in [6, 6.07) is 10.6. The fourth-order valence-electron chi connectivity index (χ4n) is 3.91. The molecule has 5 rings (SSSR count). The first-order chi connectivity index (χ1) is 16.5. The van der Waals surface area contributed by atoms with E-state index in [0.717, 1.165) is 16.5 Å². The highest BCUT2D eigenvalue weighted by molar-refractivity contribution is 7.89. The van der Waals surface area contributed by atoms with Gasteiger partial charge in [-0.1, -0.05) is 11.6 Å². The van der Waals surface area contributed by atoms with Crippen LogP contribution in [-0.2, 0) is 10.0 Å². The summed E-state index contributed by atoms with van der Waals surface area (Å²) in [7, 11) is -3.69. The van der Waals surface area contributed by atoms with Gasteiger partial charge in [-0.2, -0.15) is 9.41 Å². The number of aromatic amines is 1. The van der Waals surface area contributed by atoms with Gasteiger partial charge in [0.05, 0.1) is 0 Å². The third-order valence-corrected chi connectivity index (χ3v) is 7.76. The number of hydrogen-bond acceptors (Lipinski definition) is 7. The number of nitrogens with two attached hydrogens (primary N) is 1. The van der Waals surface area contributed by atoms with Crippen molar-refractivity contribution < 1.29 is 8.42 Å². The molecule has 0 spiro atoms. The summed E-state index contributed by atoms with van der Waals surface area (Å²) in [5.41, 5.74) is 2.51. The Morgan fingerprint density at radius 1 is 1.00 bits per heavy atom. The van der Waals surface area contributed by atoms with Crippen LogP contribution in [0.4, 0.5) is 0 Å². The van der Waals surface area contributed by atoms with Crippen molar-refractivity contribution in [3.8, 4) is 11.1 Å². The zero-order valence-corrected chi connectivity index (χ0v) is 19.5. The third kappa shape index (κ3) is 4.20. The van der Waals surface area contributed by atoms with E-state index in [-0.39, 0.29) is 18.1 Å². The Bertz CT molecular complexity index is 1450. The van der Waals surface area contributed by atoms with Crippen LogP contribution in [0.25, 0.3) is 22.0 Å². The van der Waals surface area contributed by atoms with Gasteiger partial charge in [-0.05, 0) is 42.0 Å². The summed E-state index contributed by atoms with van der Waals surface area (Å²) < 4.78 is 27.8. The van der Waals surface area contributed by atoms with Crippen LogP contribution in [0, 0.1) is 0 Å². The Labute approximate surface area is 201 Å². The quantitative estimate of drug-likeness (QED) is 0.191. The van der Waals surface area contributed by atoms with E-state index in [1.165, 1.54) is 4.31 Å². The molecule has 3 aromatic heterocycles. The van der Waals surface area contributed by atoms with Gasteiger partial charge in [0.15, 0.2) is 11.7 Å². The number of nitrogens with one attached hydrogen (secondary N) is 1. The molecule has 0 aliphatic carbocycles. The maximum Gasteiger partial charge on any atom is 0.258 e. The van der Waals surface area contributed by atoms with Gasteiger partial charge in [0, 0.05) is 72.5 Å². The largest absolute Gasteiger partial charge is 0.349 e. The number of hydrazone groups is 1. The molecule has 1 aromatic carbocycles. The fourth-order valence-corrected chi connectivity index (χ4v) is 5.53. The Hall–Kier alpha value is -3.54. The number of amidine groups is 1. The molecule has 34 heavy (non-hydrogen) atoms. The second kappa shape index (κ2) is 9.01. The molecule has 1 saturated heterocycles. The first kappa shape index (κ1) is 22.3. The maximum absolute atomic E-state index is 13.2. The van der Waals surface area contributed by atoms with Crippen LogP contribution in [0.2, 0.25) is 5.02 Å². The zero-order chi connectivity index (χ0) is 23.7. The molecular formula is C22H21ClN8O2S. The molecule has 4 aromatic rings. The lowest BCUT2D eigenvalue weighted by atomic mass is 10.1. The van der Waals surface area contributed by atoms with Crippen LogP contribution in [0.1, 0.15) is 5.82 Å². The fraction of sp³-hybridized carbons (Fsp3) is 0.182. The summed E-state index contributed by atoms with van der Waals surface area (Å²) in [5, 5.41) is 5.32. The first-order valence-corrected chi connectivity index (χ1v) is 12.3. The van der Waals surface area contributed by atoms with E-state index in [2.05, 4.69) is 25.0 Å². The number of H-pyrrole nitrogens is 1. The van der Waals surface area contributed by atoms with Gasteiger partial charge in [-0.3, -0.25) is 4.98 Å². The highest BCUT2D eigenvalue weighted by Gasteiger charge is 2.31. The molecule has 0 radical (unpaired) electrons. The Balaban J connectivity index is 1.29.